The second-order valence-corrected chi connectivity index (χ2v) is 19.7. The molecule has 0 saturated carbocycles. The maximum absolute atomic E-state index is 12.2. The van der Waals surface area contributed by atoms with Gasteiger partial charge in [-0.1, -0.05) is 48.5 Å². The summed E-state index contributed by atoms with van der Waals surface area (Å²) in [7, 11) is -0.746. The molecule has 0 unspecified atom stereocenters. The van der Waals surface area contributed by atoms with Crippen molar-refractivity contribution < 1.29 is 42.5 Å². The monoisotopic (exact) mass is 821 g/mol. The molecule has 1 N–H and O–H groups in total. The van der Waals surface area contributed by atoms with Crippen LogP contribution in [-0.2, 0) is 34.6 Å². The minimum Gasteiger partial charge on any atom is -0.444 e. The van der Waals surface area contributed by atoms with Gasteiger partial charge in [-0.3, -0.25) is 9.69 Å². The smallest absolute Gasteiger partial charge is 0.444 e. The van der Waals surface area contributed by atoms with Crippen molar-refractivity contribution in [3.05, 3.63) is 59.7 Å². The van der Waals surface area contributed by atoms with Gasteiger partial charge in [0.15, 0.2) is 0 Å². The van der Waals surface area contributed by atoms with Gasteiger partial charge in [0.05, 0.1) is 22.4 Å². The lowest BCUT2D eigenvalue weighted by molar-refractivity contribution is 0.00578. The molecule has 4 aliphatic heterocycles. The second kappa shape index (κ2) is 19.1. The maximum Gasteiger partial charge on any atom is 0.494 e. The highest BCUT2D eigenvalue weighted by molar-refractivity contribution is 6.62. The summed E-state index contributed by atoms with van der Waals surface area (Å²) in [5.74, 6) is 0. The summed E-state index contributed by atoms with van der Waals surface area (Å²) in [5.41, 5.74) is 1.56. The van der Waals surface area contributed by atoms with Crippen LogP contribution >= 0.6 is 0 Å². The summed E-state index contributed by atoms with van der Waals surface area (Å²) in [6.07, 6.45) is 0.406. The standard InChI is InChI=1S/C22H35BN2O4.C13H17BO3.C9H18N2O2/c1-20(2,3)27-19(26)25-13-11-24(12-14-25)16-17-9-8-10-18(15-17)23-28-21(4,5)22(6,7)29-23;1-12(2)13(3,4)17-14(16-12)11-7-5-6-10(8-11)9-15;1-9(2,3)13-8(12)11-6-4-10-5-7-11/h8-10,15H,11-14,16H2,1-7H3;5-9H,1-4H3;10H,4-7H2,1-3H3. The highest BCUT2D eigenvalue weighted by atomic mass is 16.7. The van der Waals surface area contributed by atoms with Crippen LogP contribution in [-0.4, -0.2) is 133 Å². The molecule has 2 amide bonds. The molecule has 15 heteroatoms. The fourth-order valence-electron chi connectivity index (χ4n) is 6.42. The number of hydrogen-bond donors (Lipinski definition) is 1. The topological polar surface area (TPSA) is 128 Å². The van der Waals surface area contributed by atoms with Gasteiger partial charge in [-0.2, -0.15) is 0 Å². The van der Waals surface area contributed by atoms with Crippen LogP contribution in [0.15, 0.2) is 48.5 Å². The Morgan fingerprint density at radius 1 is 0.644 bits per heavy atom. The molecule has 6 rings (SSSR count). The first-order chi connectivity index (χ1) is 27.2. The average Bonchev–Trinajstić information content (AvgIpc) is 3.51. The number of piperazine rings is 2. The molecule has 4 heterocycles. The van der Waals surface area contributed by atoms with Gasteiger partial charge in [0.1, 0.15) is 17.5 Å². The third-order valence-electron chi connectivity index (χ3n) is 11.2. The molecule has 2 aromatic carbocycles. The van der Waals surface area contributed by atoms with E-state index in [1.165, 1.54) is 5.56 Å². The molecule has 0 radical (unpaired) electrons. The molecule has 4 aliphatic rings. The lowest BCUT2D eigenvalue weighted by Crippen LogP contribution is -2.49. The van der Waals surface area contributed by atoms with Crippen LogP contribution in [0.3, 0.4) is 0 Å². The van der Waals surface area contributed by atoms with E-state index in [0.717, 1.165) is 63.0 Å². The lowest BCUT2D eigenvalue weighted by Gasteiger charge is -2.35. The zero-order chi connectivity index (χ0) is 44.0. The molecule has 0 spiro atoms. The number of carbonyl (C=O) groups excluding carboxylic acids is 3. The first-order valence-electron chi connectivity index (χ1n) is 20.9. The van der Waals surface area contributed by atoms with Gasteiger partial charge in [-0.15, -0.1) is 0 Å². The Morgan fingerprint density at radius 2 is 1.05 bits per heavy atom. The van der Waals surface area contributed by atoms with Crippen molar-refractivity contribution in [2.45, 2.75) is 137 Å². The third-order valence-corrected chi connectivity index (χ3v) is 11.2. The molecule has 13 nitrogen and oxygen atoms in total. The molecule has 4 saturated heterocycles. The van der Waals surface area contributed by atoms with Crippen LogP contribution in [0.2, 0.25) is 0 Å². The van der Waals surface area contributed by atoms with Gasteiger partial charge in [0.25, 0.3) is 0 Å². The third kappa shape index (κ3) is 13.8. The molecule has 326 valence electrons. The summed E-state index contributed by atoms with van der Waals surface area (Å²) in [5, 5.41) is 3.18. The fourth-order valence-corrected chi connectivity index (χ4v) is 6.42. The van der Waals surface area contributed by atoms with Gasteiger partial charge in [0.2, 0.25) is 0 Å². The number of nitrogens with one attached hydrogen (secondary N) is 1. The summed E-state index contributed by atoms with van der Waals surface area (Å²) in [6.45, 7) is 34.8. The van der Waals surface area contributed by atoms with E-state index in [1.54, 1.807) is 21.9 Å². The van der Waals surface area contributed by atoms with Crippen molar-refractivity contribution >= 4 is 43.6 Å². The quantitative estimate of drug-likeness (QED) is 0.297. The predicted molar refractivity (Wildman–Crippen MR) is 233 cm³/mol. The molecule has 0 bridgehead atoms. The van der Waals surface area contributed by atoms with Gasteiger partial charge >= 0.3 is 26.4 Å². The van der Waals surface area contributed by atoms with Crippen LogP contribution in [0.25, 0.3) is 0 Å². The Balaban J connectivity index is 0.000000216. The van der Waals surface area contributed by atoms with Crippen LogP contribution in [0, 0.1) is 0 Å². The molecular formula is C44H70B2N4O9. The average molecular weight is 821 g/mol. The molecule has 59 heavy (non-hydrogen) atoms. The van der Waals surface area contributed by atoms with Crippen LogP contribution < -0.4 is 16.2 Å². The van der Waals surface area contributed by atoms with Crippen molar-refractivity contribution in [1.82, 2.24) is 20.0 Å². The SMILES string of the molecule is CC(C)(C)OC(=O)N1CCN(Cc2cccc(B3OC(C)(C)C(C)(C)O3)c2)CC1.CC(C)(C)OC(=O)N1CCNCC1.CC1(C)OB(c2cccc(C=O)c2)OC1(C)C. The van der Waals surface area contributed by atoms with E-state index in [4.69, 9.17) is 28.1 Å². The van der Waals surface area contributed by atoms with Gasteiger partial charge < -0.3 is 43.2 Å². The Hall–Kier alpha value is -3.46. The summed E-state index contributed by atoms with van der Waals surface area (Å²) in [4.78, 5) is 40.4. The zero-order valence-corrected chi connectivity index (χ0v) is 38.2. The number of carbonyl (C=O) groups is 3. The Bertz CT molecular complexity index is 1690. The van der Waals surface area contributed by atoms with Crippen molar-refractivity contribution in [2.75, 3.05) is 52.4 Å². The summed E-state index contributed by atoms with van der Waals surface area (Å²) < 4.78 is 34.9. The molecule has 0 aromatic heterocycles. The van der Waals surface area contributed by atoms with Crippen molar-refractivity contribution in [2.24, 2.45) is 0 Å². The molecule has 0 atom stereocenters. The normalized spacial score (nSPS) is 21.1. The largest absolute Gasteiger partial charge is 0.494 e. The zero-order valence-electron chi connectivity index (χ0n) is 38.2. The maximum atomic E-state index is 12.2. The minimum absolute atomic E-state index is 0.200. The van der Waals surface area contributed by atoms with Crippen LogP contribution in [0.4, 0.5) is 9.59 Å². The summed E-state index contributed by atoms with van der Waals surface area (Å²) >= 11 is 0. The van der Waals surface area contributed by atoms with Crippen LogP contribution in [0.1, 0.15) is 113 Å². The Morgan fingerprint density at radius 3 is 1.47 bits per heavy atom. The van der Waals surface area contributed by atoms with E-state index in [2.05, 4.69) is 62.2 Å². The van der Waals surface area contributed by atoms with E-state index in [9.17, 15) is 14.4 Å². The minimum atomic E-state index is -0.456. The van der Waals surface area contributed by atoms with Crippen molar-refractivity contribution in [1.29, 1.82) is 0 Å². The molecule has 0 aliphatic carbocycles. The lowest BCUT2D eigenvalue weighted by atomic mass is 9.78. The van der Waals surface area contributed by atoms with Gasteiger partial charge in [0, 0.05) is 64.5 Å². The summed E-state index contributed by atoms with van der Waals surface area (Å²) in [6, 6.07) is 15.7. The van der Waals surface area contributed by atoms with Crippen molar-refractivity contribution in [3.8, 4) is 0 Å². The number of hydrogen-bond acceptors (Lipinski definition) is 11. The van der Waals surface area contributed by atoms with E-state index in [-0.39, 0.29) is 47.3 Å². The Labute approximate surface area is 354 Å². The van der Waals surface area contributed by atoms with Gasteiger partial charge in [-0.05, 0) is 113 Å². The Kier molecular flexibility index (Phi) is 15.6. The second-order valence-electron chi connectivity index (χ2n) is 19.7. The fraction of sp³-hybridized carbons (Fsp3) is 0.659. The highest BCUT2D eigenvalue weighted by Gasteiger charge is 2.52. The van der Waals surface area contributed by atoms with E-state index < -0.39 is 12.7 Å². The predicted octanol–water partition coefficient (Wildman–Crippen LogP) is 5.66. The van der Waals surface area contributed by atoms with Crippen LogP contribution in [0.5, 0.6) is 0 Å². The number of ether oxygens (including phenoxy) is 2. The molecule has 2 aromatic rings. The molecule has 4 fully saturated rings. The first-order valence-corrected chi connectivity index (χ1v) is 20.9. The number of rotatable bonds is 5. The highest BCUT2D eigenvalue weighted by Crippen LogP contribution is 2.37. The van der Waals surface area contributed by atoms with E-state index >= 15 is 0 Å². The van der Waals surface area contributed by atoms with E-state index in [0.29, 0.717) is 18.7 Å². The van der Waals surface area contributed by atoms with Gasteiger partial charge in [-0.25, -0.2) is 9.59 Å². The number of benzene rings is 2. The number of aldehydes is 1. The molecular weight excluding hydrogens is 750 g/mol. The van der Waals surface area contributed by atoms with Crippen molar-refractivity contribution in [3.63, 3.8) is 0 Å². The number of nitrogens with zero attached hydrogens (tertiary/aromatic N) is 3. The van der Waals surface area contributed by atoms with E-state index in [1.807, 2.05) is 81.4 Å². The first kappa shape index (κ1) is 48.2. The number of amides is 2.